The van der Waals surface area contributed by atoms with E-state index in [4.69, 9.17) is 0 Å². The number of likely N-dealkylation sites (N-methyl/N-ethyl adjacent to an activating group) is 1. The highest BCUT2D eigenvalue weighted by atomic mass is 16.2. The molecule has 0 N–H and O–H groups in total. The molecule has 0 aromatic heterocycles. The lowest BCUT2D eigenvalue weighted by Crippen LogP contribution is -2.48. The molecule has 0 spiro atoms. The number of rotatable bonds is 5. The smallest absolute Gasteiger partial charge is 0.258 e. The van der Waals surface area contributed by atoms with E-state index >= 15 is 0 Å². The third-order valence-corrected chi connectivity index (χ3v) is 5.36. The number of hydrogen-bond donors (Lipinski definition) is 0. The molecule has 28 heavy (non-hydrogen) atoms. The van der Waals surface area contributed by atoms with Crippen LogP contribution in [0.5, 0.6) is 0 Å². The molecule has 1 heterocycles. The van der Waals surface area contributed by atoms with Crippen molar-refractivity contribution in [1.29, 1.82) is 0 Å². The van der Waals surface area contributed by atoms with Gasteiger partial charge in [-0.2, -0.15) is 0 Å². The summed E-state index contributed by atoms with van der Waals surface area (Å²) in [7, 11) is 0. The van der Waals surface area contributed by atoms with Crippen LogP contribution in [0.3, 0.4) is 0 Å². The Morgan fingerprint density at radius 3 is 2.14 bits per heavy atom. The van der Waals surface area contributed by atoms with Crippen LogP contribution < -0.4 is 4.90 Å². The zero-order valence-corrected chi connectivity index (χ0v) is 17.0. The quantitative estimate of drug-likeness (QED) is 0.799. The molecule has 2 aromatic rings. The SMILES string of the molecule is CCN1CCN(C(=O)c2ccc(C(=O)N(CC)c3cccc(C)c3)cc2)CC1. The Balaban J connectivity index is 1.71. The van der Waals surface area contributed by atoms with Gasteiger partial charge in [0.1, 0.15) is 0 Å². The maximum absolute atomic E-state index is 13.0. The highest BCUT2D eigenvalue weighted by Gasteiger charge is 2.22. The predicted octanol–water partition coefficient (Wildman–Crippen LogP) is 3.44. The van der Waals surface area contributed by atoms with Crippen LogP contribution in [0.2, 0.25) is 0 Å². The number of amides is 2. The van der Waals surface area contributed by atoms with Gasteiger partial charge in [-0.05, 0) is 62.4 Å². The molecule has 148 valence electrons. The Hall–Kier alpha value is -2.66. The summed E-state index contributed by atoms with van der Waals surface area (Å²) >= 11 is 0. The summed E-state index contributed by atoms with van der Waals surface area (Å²) < 4.78 is 0. The fourth-order valence-electron chi connectivity index (χ4n) is 3.60. The molecule has 3 rings (SSSR count). The minimum absolute atomic E-state index is 0.0424. The molecular formula is C23H29N3O2. The van der Waals surface area contributed by atoms with Crippen LogP contribution in [0.1, 0.15) is 40.1 Å². The highest BCUT2D eigenvalue weighted by molar-refractivity contribution is 6.06. The molecule has 1 saturated heterocycles. The van der Waals surface area contributed by atoms with Gasteiger partial charge in [-0.1, -0.05) is 19.1 Å². The van der Waals surface area contributed by atoms with Crippen LogP contribution in [-0.4, -0.2) is 60.9 Å². The van der Waals surface area contributed by atoms with E-state index in [0.29, 0.717) is 17.7 Å². The molecule has 0 aliphatic carbocycles. The van der Waals surface area contributed by atoms with Crippen molar-refractivity contribution in [2.24, 2.45) is 0 Å². The van der Waals surface area contributed by atoms with Crippen LogP contribution in [-0.2, 0) is 0 Å². The van der Waals surface area contributed by atoms with Gasteiger partial charge in [-0.15, -0.1) is 0 Å². The van der Waals surface area contributed by atoms with Crippen molar-refractivity contribution in [3.63, 3.8) is 0 Å². The minimum Gasteiger partial charge on any atom is -0.336 e. The van der Waals surface area contributed by atoms with Crippen molar-refractivity contribution in [2.45, 2.75) is 20.8 Å². The normalized spacial score (nSPS) is 14.8. The number of benzene rings is 2. The first-order valence-electron chi connectivity index (χ1n) is 10.0. The largest absolute Gasteiger partial charge is 0.336 e. The van der Waals surface area contributed by atoms with Gasteiger partial charge in [0.2, 0.25) is 0 Å². The van der Waals surface area contributed by atoms with Crippen molar-refractivity contribution in [3.05, 3.63) is 65.2 Å². The average Bonchev–Trinajstić information content (AvgIpc) is 2.74. The number of nitrogens with zero attached hydrogens (tertiary/aromatic N) is 3. The summed E-state index contributed by atoms with van der Waals surface area (Å²) in [6, 6.07) is 15.0. The summed E-state index contributed by atoms with van der Waals surface area (Å²) in [5.74, 6) is -0.00978. The lowest BCUT2D eigenvalue weighted by atomic mass is 10.1. The Morgan fingerprint density at radius 2 is 1.57 bits per heavy atom. The van der Waals surface area contributed by atoms with Crippen molar-refractivity contribution in [2.75, 3.05) is 44.2 Å². The molecule has 5 heteroatoms. The molecular weight excluding hydrogens is 350 g/mol. The average molecular weight is 380 g/mol. The van der Waals surface area contributed by atoms with Gasteiger partial charge in [0.05, 0.1) is 0 Å². The van der Waals surface area contributed by atoms with Crippen LogP contribution >= 0.6 is 0 Å². The number of piperazine rings is 1. The molecule has 0 bridgehead atoms. The first-order chi connectivity index (χ1) is 13.5. The monoisotopic (exact) mass is 379 g/mol. The zero-order chi connectivity index (χ0) is 20.1. The number of hydrogen-bond acceptors (Lipinski definition) is 3. The third kappa shape index (κ3) is 4.42. The first-order valence-corrected chi connectivity index (χ1v) is 10.0. The van der Waals surface area contributed by atoms with Crippen molar-refractivity contribution in [3.8, 4) is 0 Å². The van der Waals surface area contributed by atoms with Crippen molar-refractivity contribution < 1.29 is 9.59 Å². The standard InChI is InChI=1S/C23H29N3O2/c1-4-24-13-15-25(16-14-24)22(27)19-9-11-20(12-10-19)23(28)26(5-2)21-8-6-7-18(3)17-21/h6-12,17H,4-5,13-16H2,1-3H3. The van der Waals surface area contributed by atoms with E-state index in [1.54, 1.807) is 29.2 Å². The van der Waals surface area contributed by atoms with E-state index in [1.165, 1.54) is 0 Å². The summed E-state index contributed by atoms with van der Waals surface area (Å²) in [6.07, 6.45) is 0. The van der Waals surface area contributed by atoms with Gasteiger partial charge >= 0.3 is 0 Å². The number of carbonyl (C=O) groups is 2. The Kier molecular flexibility index (Phi) is 6.47. The van der Waals surface area contributed by atoms with Gasteiger partial charge in [0.25, 0.3) is 11.8 Å². The van der Waals surface area contributed by atoms with Crippen LogP contribution in [0.15, 0.2) is 48.5 Å². The van der Waals surface area contributed by atoms with E-state index in [-0.39, 0.29) is 11.8 Å². The van der Waals surface area contributed by atoms with E-state index < -0.39 is 0 Å². The molecule has 0 saturated carbocycles. The van der Waals surface area contributed by atoms with Gasteiger partial charge in [-0.25, -0.2) is 0 Å². The van der Waals surface area contributed by atoms with Crippen molar-refractivity contribution >= 4 is 17.5 Å². The fourth-order valence-corrected chi connectivity index (χ4v) is 3.60. The third-order valence-electron chi connectivity index (χ3n) is 5.36. The first kappa shape index (κ1) is 20.1. The number of anilines is 1. The van der Waals surface area contributed by atoms with E-state index in [0.717, 1.165) is 44.0 Å². The Bertz CT molecular complexity index is 824. The van der Waals surface area contributed by atoms with Crippen LogP contribution in [0, 0.1) is 6.92 Å². The highest BCUT2D eigenvalue weighted by Crippen LogP contribution is 2.19. The summed E-state index contributed by atoms with van der Waals surface area (Å²) in [6.45, 7) is 11.1. The zero-order valence-electron chi connectivity index (χ0n) is 17.0. The van der Waals surface area contributed by atoms with E-state index in [9.17, 15) is 9.59 Å². The molecule has 2 aromatic carbocycles. The fraction of sp³-hybridized carbons (Fsp3) is 0.391. The van der Waals surface area contributed by atoms with Crippen molar-refractivity contribution in [1.82, 2.24) is 9.80 Å². The second kappa shape index (κ2) is 9.02. The minimum atomic E-state index is -0.0522. The summed E-state index contributed by atoms with van der Waals surface area (Å²) in [4.78, 5) is 31.7. The van der Waals surface area contributed by atoms with Gasteiger partial charge < -0.3 is 14.7 Å². The lowest BCUT2D eigenvalue weighted by Gasteiger charge is -2.34. The predicted molar refractivity (Wildman–Crippen MR) is 113 cm³/mol. The maximum Gasteiger partial charge on any atom is 0.258 e. The van der Waals surface area contributed by atoms with E-state index in [1.807, 2.05) is 43.0 Å². The lowest BCUT2D eigenvalue weighted by molar-refractivity contribution is 0.0643. The van der Waals surface area contributed by atoms with E-state index in [2.05, 4.69) is 11.8 Å². The molecule has 0 atom stereocenters. The number of aryl methyl sites for hydroxylation is 1. The summed E-state index contributed by atoms with van der Waals surface area (Å²) in [5.41, 5.74) is 3.24. The molecule has 5 nitrogen and oxygen atoms in total. The Morgan fingerprint density at radius 1 is 0.929 bits per heavy atom. The topological polar surface area (TPSA) is 43.9 Å². The molecule has 1 aliphatic heterocycles. The maximum atomic E-state index is 13.0. The second-order valence-electron chi connectivity index (χ2n) is 7.19. The molecule has 1 fully saturated rings. The Labute approximate surface area is 167 Å². The molecule has 1 aliphatic rings. The van der Waals surface area contributed by atoms with Crippen LogP contribution in [0.25, 0.3) is 0 Å². The van der Waals surface area contributed by atoms with Gasteiger partial charge in [0, 0.05) is 49.5 Å². The molecule has 0 radical (unpaired) electrons. The molecule has 0 unspecified atom stereocenters. The van der Waals surface area contributed by atoms with Gasteiger partial charge in [-0.3, -0.25) is 9.59 Å². The van der Waals surface area contributed by atoms with Crippen LogP contribution in [0.4, 0.5) is 5.69 Å². The number of carbonyl (C=O) groups excluding carboxylic acids is 2. The second-order valence-corrected chi connectivity index (χ2v) is 7.19. The molecule has 2 amide bonds. The van der Waals surface area contributed by atoms with Gasteiger partial charge in [0.15, 0.2) is 0 Å². The summed E-state index contributed by atoms with van der Waals surface area (Å²) in [5, 5.41) is 0.